The third kappa shape index (κ3) is 2.16. The highest BCUT2D eigenvalue weighted by Crippen LogP contribution is 2.12. The molecular formula is C5H11NO3S2. The summed E-state index contributed by atoms with van der Waals surface area (Å²) >= 11 is 0. The van der Waals surface area contributed by atoms with Gasteiger partial charge in [0.15, 0.2) is 9.84 Å². The molecule has 66 valence electrons. The summed E-state index contributed by atoms with van der Waals surface area (Å²) in [5.74, 6) is 0.599. The zero-order chi connectivity index (χ0) is 8.54. The first kappa shape index (κ1) is 8.99. The highest BCUT2D eigenvalue weighted by Gasteiger charge is 2.25. The maximum absolute atomic E-state index is 11.4. The summed E-state index contributed by atoms with van der Waals surface area (Å²) in [5, 5.41) is -0.240. The first-order valence-corrected chi connectivity index (χ1v) is 6.96. The molecule has 1 heterocycles. The van der Waals surface area contributed by atoms with Crippen LogP contribution in [-0.4, -0.2) is 36.3 Å². The summed E-state index contributed by atoms with van der Waals surface area (Å²) in [7, 11) is -4.05. The summed E-state index contributed by atoms with van der Waals surface area (Å²) in [6.45, 7) is 0. The largest absolute Gasteiger partial charge is 0.249 e. The van der Waals surface area contributed by atoms with E-state index in [1.165, 1.54) is 7.05 Å². The van der Waals surface area contributed by atoms with Crippen molar-refractivity contribution in [2.45, 2.75) is 6.42 Å². The summed E-state index contributed by atoms with van der Waals surface area (Å²) in [5.41, 5.74) is 0. The van der Waals surface area contributed by atoms with Crippen LogP contribution in [0.1, 0.15) is 6.42 Å². The highest BCUT2D eigenvalue weighted by atomic mass is 32.3. The first-order chi connectivity index (χ1) is 4.97. The molecule has 1 fully saturated rings. The monoisotopic (exact) mass is 197 g/mol. The molecule has 0 radical (unpaired) electrons. The van der Waals surface area contributed by atoms with Crippen LogP contribution in [0.3, 0.4) is 0 Å². The second-order valence-corrected chi connectivity index (χ2v) is 7.74. The average molecular weight is 197 g/mol. The topological polar surface area (TPSA) is 63.6 Å². The lowest BCUT2D eigenvalue weighted by molar-refractivity contribution is 0.596. The predicted molar refractivity (Wildman–Crippen MR) is 44.6 cm³/mol. The lowest BCUT2D eigenvalue weighted by atomic mass is 10.6. The molecule has 1 unspecified atom stereocenters. The highest BCUT2D eigenvalue weighted by molar-refractivity contribution is 8.09. The number of hydrogen-bond acceptors (Lipinski definition) is 4. The smallest absolute Gasteiger partial charge is 0.163 e. The molecule has 1 aliphatic rings. The molecule has 0 aromatic carbocycles. The Kier molecular flexibility index (Phi) is 2.24. The summed E-state index contributed by atoms with van der Waals surface area (Å²) < 4.78 is 37.0. The molecular weight excluding hydrogens is 186 g/mol. The Labute approximate surface area is 67.1 Å². The molecule has 0 spiro atoms. The van der Waals surface area contributed by atoms with E-state index in [0.717, 1.165) is 0 Å². The van der Waals surface area contributed by atoms with E-state index < -0.39 is 19.6 Å². The van der Waals surface area contributed by atoms with Gasteiger partial charge in [-0.2, -0.15) is 0 Å². The fourth-order valence-electron chi connectivity index (χ4n) is 1.05. The molecule has 11 heavy (non-hydrogen) atoms. The van der Waals surface area contributed by atoms with Gasteiger partial charge in [0.25, 0.3) is 0 Å². The molecule has 0 bridgehead atoms. The Hall–Kier alpha value is -0.100. The molecule has 0 aromatic rings. The van der Waals surface area contributed by atoms with Gasteiger partial charge in [0, 0.05) is 12.8 Å². The van der Waals surface area contributed by atoms with Crippen molar-refractivity contribution in [3.63, 3.8) is 0 Å². The van der Waals surface area contributed by atoms with Crippen molar-refractivity contribution < 1.29 is 12.6 Å². The normalized spacial score (nSPS) is 36.5. The van der Waals surface area contributed by atoms with Gasteiger partial charge in [-0.15, -0.1) is 0 Å². The molecule has 0 N–H and O–H groups in total. The van der Waals surface area contributed by atoms with E-state index in [1.54, 1.807) is 0 Å². The van der Waals surface area contributed by atoms with E-state index in [2.05, 4.69) is 4.36 Å². The van der Waals surface area contributed by atoms with Crippen LogP contribution in [-0.2, 0) is 19.6 Å². The Bertz CT molecular complexity index is 348. The van der Waals surface area contributed by atoms with E-state index in [1.807, 2.05) is 0 Å². The van der Waals surface area contributed by atoms with Crippen LogP contribution < -0.4 is 0 Å². The van der Waals surface area contributed by atoms with Crippen LogP contribution in [0.2, 0.25) is 0 Å². The second kappa shape index (κ2) is 2.75. The fraction of sp³-hybridized carbons (Fsp3) is 1.00. The van der Waals surface area contributed by atoms with Crippen LogP contribution in [0.4, 0.5) is 0 Å². The number of hydrogen-bond donors (Lipinski definition) is 0. The second-order valence-electron chi connectivity index (χ2n) is 2.58. The molecule has 6 heteroatoms. The summed E-state index contributed by atoms with van der Waals surface area (Å²) in [6.07, 6.45) is 0.485. The van der Waals surface area contributed by atoms with E-state index in [9.17, 15) is 12.6 Å². The molecule has 0 aromatic heterocycles. The van der Waals surface area contributed by atoms with Gasteiger partial charge in [-0.25, -0.2) is 17.0 Å². The van der Waals surface area contributed by atoms with Crippen molar-refractivity contribution in [2.75, 3.05) is 23.6 Å². The average Bonchev–Trinajstić information content (AvgIpc) is 1.85. The Morgan fingerprint density at radius 3 is 2.18 bits per heavy atom. The standard InChI is InChI=1S/C5H11NO3S2/c1-6-10(7)3-2-4-11(8,9)5-10/h2-5H2,1H3. The van der Waals surface area contributed by atoms with Gasteiger partial charge >= 0.3 is 0 Å². The molecule has 1 saturated heterocycles. The minimum absolute atomic E-state index is 0.166. The van der Waals surface area contributed by atoms with Crippen molar-refractivity contribution >= 4 is 19.6 Å². The van der Waals surface area contributed by atoms with Gasteiger partial charge in [0.2, 0.25) is 0 Å². The van der Waals surface area contributed by atoms with Crippen molar-refractivity contribution in [3.05, 3.63) is 0 Å². The molecule has 0 aliphatic carbocycles. The van der Waals surface area contributed by atoms with Gasteiger partial charge < -0.3 is 0 Å². The Morgan fingerprint density at radius 2 is 1.82 bits per heavy atom. The van der Waals surface area contributed by atoms with E-state index in [0.29, 0.717) is 12.2 Å². The van der Waals surface area contributed by atoms with Crippen molar-refractivity contribution in [2.24, 2.45) is 4.36 Å². The Balaban J connectivity index is 3.03. The van der Waals surface area contributed by atoms with Crippen molar-refractivity contribution in [3.8, 4) is 0 Å². The quantitative estimate of drug-likeness (QED) is 0.543. The van der Waals surface area contributed by atoms with E-state index >= 15 is 0 Å². The lowest BCUT2D eigenvalue weighted by Crippen LogP contribution is -2.28. The van der Waals surface area contributed by atoms with Gasteiger partial charge in [-0.1, -0.05) is 0 Å². The van der Waals surface area contributed by atoms with Crippen LogP contribution >= 0.6 is 0 Å². The van der Waals surface area contributed by atoms with Crippen LogP contribution in [0.15, 0.2) is 4.36 Å². The third-order valence-electron chi connectivity index (χ3n) is 1.62. The number of nitrogens with zero attached hydrogens (tertiary/aromatic N) is 1. The molecule has 0 amide bonds. The molecule has 1 rings (SSSR count). The van der Waals surface area contributed by atoms with Gasteiger partial charge in [0.05, 0.1) is 15.5 Å². The van der Waals surface area contributed by atoms with E-state index in [-0.39, 0.29) is 10.8 Å². The minimum atomic E-state index is -3.07. The zero-order valence-electron chi connectivity index (χ0n) is 6.32. The minimum Gasteiger partial charge on any atom is -0.249 e. The van der Waals surface area contributed by atoms with E-state index in [4.69, 9.17) is 0 Å². The first-order valence-electron chi connectivity index (χ1n) is 3.28. The maximum Gasteiger partial charge on any atom is 0.163 e. The Morgan fingerprint density at radius 1 is 1.18 bits per heavy atom. The summed E-state index contributed by atoms with van der Waals surface area (Å²) in [4.78, 5) is 0. The lowest BCUT2D eigenvalue weighted by Gasteiger charge is -2.14. The molecule has 0 saturated carbocycles. The van der Waals surface area contributed by atoms with Gasteiger partial charge in [-0.05, 0) is 6.42 Å². The van der Waals surface area contributed by atoms with Crippen LogP contribution in [0.25, 0.3) is 0 Å². The molecule has 4 nitrogen and oxygen atoms in total. The van der Waals surface area contributed by atoms with Crippen molar-refractivity contribution in [1.29, 1.82) is 0 Å². The van der Waals surface area contributed by atoms with Crippen LogP contribution in [0.5, 0.6) is 0 Å². The van der Waals surface area contributed by atoms with Gasteiger partial charge in [-0.3, -0.25) is 0 Å². The molecule has 1 atom stereocenters. The molecule has 1 aliphatic heterocycles. The fourth-order valence-corrected chi connectivity index (χ4v) is 6.20. The number of rotatable bonds is 0. The SMILES string of the molecule is CN=S1(=O)CCCS(=O)(=O)C1. The van der Waals surface area contributed by atoms with Crippen molar-refractivity contribution in [1.82, 2.24) is 0 Å². The zero-order valence-corrected chi connectivity index (χ0v) is 7.95. The third-order valence-corrected chi connectivity index (χ3v) is 7.03. The van der Waals surface area contributed by atoms with Crippen LogP contribution in [0, 0.1) is 0 Å². The number of sulfone groups is 1. The van der Waals surface area contributed by atoms with Gasteiger partial charge in [0.1, 0.15) is 5.08 Å². The predicted octanol–water partition coefficient (Wildman–Crippen LogP) is -0.140. The summed E-state index contributed by atoms with van der Waals surface area (Å²) in [6, 6.07) is 0. The maximum atomic E-state index is 11.4.